The number of anilines is 1. The van der Waals surface area contributed by atoms with Gasteiger partial charge in [-0.15, -0.1) is 0 Å². The summed E-state index contributed by atoms with van der Waals surface area (Å²) in [6.45, 7) is 5.56. The first-order chi connectivity index (χ1) is 17.4. The topological polar surface area (TPSA) is 114 Å². The van der Waals surface area contributed by atoms with Crippen LogP contribution < -0.4 is 10.2 Å². The number of methoxy groups -OCH3 is 1. The lowest BCUT2D eigenvalue weighted by Crippen LogP contribution is -2.57. The van der Waals surface area contributed by atoms with Crippen molar-refractivity contribution in [2.45, 2.75) is 76.7 Å². The van der Waals surface area contributed by atoms with Crippen molar-refractivity contribution in [3.05, 3.63) is 29.3 Å². The van der Waals surface area contributed by atoms with Crippen molar-refractivity contribution in [3.63, 3.8) is 0 Å². The summed E-state index contributed by atoms with van der Waals surface area (Å²) < 4.78 is 16.3. The molecule has 2 heterocycles. The van der Waals surface area contributed by atoms with Crippen LogP contribution in [0.2, 0.25) is 5.02 Å². The highest BCUT2D eigenvalue weighted by molar-refractivity contribution is 6.30. The molecule has 1 saturated carbocycles. The maximum absolute atomic E-state index is 13.9. The molecule has 202 valence electrons. The molecule has 1 N–H and O–H groups in total. The molecule has 1 aromatic rings. The van der Waals surface area contributed by atoms with Gasteiger partial charge in [0.1, 0.15) is 18.2 Å². The summed E-state index contributed by atoms with van der Waals surface area (Å²) in [4.78, 5) is 55.0. The minimum Gasteiger partial charge on any atom is -0.467 e. The zero-order valence-electron chi connectivity index (χ0n) is 21.6. The third-order valence-corrected chi connectivity index (χ3v) is 7.43. The number of carbonyl (C=O) groups is 4. The number of hydrogen-bond acceptors (Lipinski definition) is 7. The molecule has 3 atom stereocenters. The molecule has 1 spiro atoms. The van der Waals surface area contributed by atoms with E-state index in [2.05, 4.69) is 5.32 Å². The SMILES string of the molecule is COC(=O)[C@@H]1C[C@@]2(CN(c3cccc(Cl)c3)C(=O)O2)CN1C(=O)[C@@H](NC(=O)OC1CCCC1)C(C)(C)C. The minimum atomic E-state index is -1.12. The number of halogens is 1. The van der Waals surface area contributed by atoms with Gasteiger partial charge in [-0.1, -0.05) is 38.4 Å². The molecule has 2 aliphatic heterocycles. The van der Waals surface area contributed by atoms with Crippen molar-refractivity contribution in [2.75, 3.05) is 25.1 Å². The molecule has 0 radical (unpaired) electrons. The van der Waals surface area contributed by atoms with Crippen LogP contribution in [0.3, 0.4) is 0 Å². The Morgan fingerprint density at radius 1 is 1.19 bits per heavy atom. The molecule has 0 aromatic heterocycles. The van der Waals surface area contributed by atoms with Crippen LogP contribution in [0.15, 0.2) is 24.3 Å². The van der Waals surface area contributed by atoms with Crippen molar-refractivity contribution in [3.8, 4) is 0 Å². The first kappa shape index (κ1) is 27.0. The number of esters is 1. The van der Waals surface area contributed by atoms with E-state index in [0.29, 0.717) is 10.7 Å². The summed E-state index contributed by atoms with van der Waals surface area (Å²) in [5.74, 6) is -1.09. The van der Waals surface area contributed by atoms with Crippen molar-refractivity contribution < 1.29 is 33.4 Å². The average molecular weight is 536 g/mol. The van der Waals surface area contributed by atoms with Gasteiger partial charge in [0.25, 0.3) is 0 Å². The Kier molecular flexibility index (Phi) is 7.60. The summed E-state index contributed by atoms with van der Waals surface area (Å²) in [5, 5.41) is 3.19. The fourth-order valence-corrected chi connectivity index (χ4v) is 5.49. The van der Waals surface area contributed by atoms with Gasteiger partial charge < -0.3 is 24.4 Å². The van der Waals surface area contributed by atoms with Gasteiger partial charge in [-0.2, -0.15) is 0 Å². The predicted octanol–water partition coefficient (Wildman–Crippen LogP) is 3.89. The second-order valence-electron chi connectivity index (χ2n) is 11.1. The van der Waals surface area contributed by atoms with E-state index in [-0.39, 0.29) is 25.6 Å². The summed E-state index contributed by atoms with van der Waals surface area (Å²) in [7, 11) is 1.24. The van der Waals surface area contributed by atoms with Crippen LogP contribution in [0, 0.1) is 5.41 Å². The highest BCUT2D eigenvalue weighted by Gasteiger charge is 2.58. The van der Waals surface area contributed by atoms with Gasteiger partial charge >= 0.3 is 18.2 Å². The van der Waals surface area contributed by atoms with E-state index >= 15 is 0 Å². The molecule has 0 unspecified atom stereocenters. The van der Waals surface area contributed by atoms with Gasteiger partial charge in [-0.05, 0) is 49.3 Å². The number of ether oxygens (including phenoxy) is 3. The van der Waals surface area contributed by atoms with Crippen LogP contribution in [-0.4, -0.2) is 73.0 Å². The van der Waals surface area contributed by atoms with Crippen molar-refractivity contribution >= 4 is 41.4 Å². The normalized spacial score (nSPS) is 24.8. The number of carbonyl (C=O) groups excluding carboxylic acids is 4. The fourth-order valence-electron chi connectivity index (χ4n) is 5.30. The Morgan fingerprint density at radius 2 is 1.89 bits per heavy atom. The third-order valence-electron chi connectivity index (χ3n) is 7.20. The average Bonchev–Trinajstić information content (AvgIpc) is 3.55. The quantitative estimate of drug-likeness (QED) is 0.449. The summed E-state index contributed by atoms with van der Waals surface area (Å²) in [5.41, 5.74) is -1.26. The lowest BCUT2D eigenvalue weighted by molar-refractivity contribution is -0.152. The molecular weight excluding hydrogens is 502 g/mol. The van der Waals surface area contributed by atoms with Crippen LogP contribution >= 0.6 is 11.6 Å². The zero-order chi connectivity index (χ0) is 27.0. The maximum Gasteiger partial charge on any atom is 0.415 e. The van der Waals surface area contributed by atoms with Crippen LogP contribution in [-0.2, 0) is 23.8 Å². The maximum atomic E-state index is 13.9. The number of amides is 3. The van der Waals surface area contributed by atoms with E-state index < -0.39 is 47.2 Å². The Labute approximate surface area is 221 Å². The molecule has 1 aromatic carbocycles. The van der Waals surface area contributed by atoms with Crippen molar-refractivity contribution in [1.82, 2.24) is 10.2 Å². The predicted molar refractivity (Wildman–Crippen MR) is 135 cm³/mol. The molecule has 10 nitrogen and oxygen atoms in total. The smallest absolute Gasteiger partial charge is 0.415 e. The molecular formula is C26H34ClN3O7. The lowest BCUT2D eigenvalue weighted by Gasteiger charge is -2.35. The monoisotopic (exact) mass is 535 g/mol. The van der Waals surface area contributed by atoms with Gasteiger partial charge in [0.15, 0.2) is 5.60 Å². The molecule has 37 heavy (non-hydrogen) atoms. The molecule has 0 bridgehead atoms. The first-order valence-corrected chi connectivity index (χ1v) is 12.9. The van der Waals surface area contributed by atoms with Gasteiger partial charge in [0, 0.05) is 17.1 Å². The third kappa shape index (κ3) is 5.79. The zero-order valence-corrected chi connectivity index (χ0v) is 22.4. The summed E-state index contributed by atoms with van der Waals surface area (Å²) in [6, 6.07) is 4.83. The molecule has 4 rings (SSSR count). The van der Waals surface area contributed by atoms with E-state index in [9.17, 15) is 19.2 Å². The van der Waals surface area contributed by atoms with Crippen molar-refractivity contribution in [2.24, 2.45) is 5.41 Å². The van der Waals surface area contributed by atoms with Crippen LogP contribution in [0.4, 0.5) is 15.3 Å². The van der Waals surface area contributed by atoms with E-state index in [4.69, 9.17) is 25.8 Å². The molecule has 3 amide bonds. The Bertz CT molecular complexity index is 1070. The number of hydrogen-bond donors (Lipinski definition) is 1. The van der Waals surface area contributed by atoms with Gasteiger partial charge in [0.2, 0.25) is 5.91 Å². The largest absolute Gasteiger partial charge is 0.467 e. The Morgan fingerprint density at radius 3 is 2.51 bits per heavy atom. The molecule has 11 heteroatoms. The number of benzene rings is 1. The number of alkyl carbamates (subject to hydrolysis) is 1. The van der Waals surface area contributed by atoms with Crippen LogP contribution in [0.1, 0.15) is 52.9 Å². The molecule has 3 fully saturated rings. The van der Waals surface area contributed by atoms with Gasteiger partial charge in [-0.25, -0.2) is 14.4 Å². The Balaban J connectivity index is 1.56. The highest BCUT2D eigenvalue weighted by atomic mass is 35.5. The number of nitrogens with zero attached hydrogens (tertiary/aromatic N) is 2. The van der Waals surface area contributed by atoms with Crippen molar-refractivity contribution in [1.29, 1.82) is 0 Å². The lowest BCUT2D eigenvalue weighted by atomic mass is 9.85. The summed E-state index contributed by atoms with van der Waals surface area (Å²) >= 11 is 6.11. The van der Waals surface area contributed by atoms with Crippen LogP contribution in [0.25, 0.3) is 0 Å². The number of rotatable bonds is 5. The molecule has 1 aliphatic carbocycles. The van der Waals surface area contributed by atoms with E-state index in [1.165, 1.54) is 16.9 Å². The second kappa shape index (κ2) is 10.4. The standard InChI is InChI=1S/C26H34ClN3O7/c1-25(2,3)20(28-23(33)36-18-10-5-6-11-18)21(31)30-15-26(13-19(30)22(32)35-4)14-29(24(34)37-26)17-9-7-8-16(27)12-17/h7-9,12,18-20H,5-6,10-11,13-15H2,1-4H3,(H,28,33)/t19-,20+,26+/m0/s1. The number of likely N-dealkylation sites (tertiary alicyclic amines) is 1. The second-order valence-corrected chi connectivity index (χ2v) is 11.5. The molecule has 2 saturated heterocycles. The summed E-state index contributed by atoms with van der Waals surface area (Å²) in [6.07, 6.45) is 2.25. The van der Waals surface area contributed by atoms with Gasteiger partial charge in [-0.3, -0.25) is 9.69 Å². The van der Waals surface area contributed by atoms with E-state index in [1.807, 2.05) is 20.8 Å². The van der Waals surface area contributed by atoms with Crippen LogP contribution in [0.5, 0.6) is 0 Å². The minimum absolute atomic E-state index is 0.0274. The first-order valence-electron chi connectivity index (χ1n) is 12.5. The van der Waals surface area contributed by atoms with Gasteiger partial charge in [0.05, 0.1) is 20.2 Å². The fraction of sp³-hybridized carbons (Fsp3) is 0.615. The van der Waals surface area contributed by atoms with E-state index in [1.54, 1.807) is 24.3 Å². The highest BCUT2D eigenvalue weighted by Crippen LogP contribution is 2.40. The number of nitrogens with one attached hydrogen (secondary N) is 1. The Hall–Kier alpha value is -3.01. The molecule has 3 aliphatic rings. The van der Waals surface area contributed by atoms with E-state index in [0.717, 1.165) is 25.7 Å².